The normalized spacial score (nSPS) is 10.9. The third-order valence-corrected chi connectivity index (χ3v) is 6.67. The van der Waals surface area contributed by atoms with Crippen LogP contribution in [0.4, 0.5) is 5.69 Å². The molecule has 29 heavy (non-hydrogen) atoms. The second kappa shape index (κ2) is 10.3. The van der Waals surface area contributed by atoms with Crippen molar-refractivity contribution in [2.45, 2.75) is 31.5 Å². The number of rotatable bonds is 9. The number of hydrogen-bond donors (Lipinski definition) is 1. The number of nitrogens with zero attached hydrogens (tertiary/aromatic N) is 3. The Balaban J connectivity index is 1.69. The molecular weight excluding hydrogens is 447 g/mol. The molecule has 1 amide bonds. The lowest BCUT2D eigenvalue weighted by atomic mass is 10.2. The van der Waals surface area contributed by atoms with Crippen molar-refractivity contribution >= 4 is 57.9 Å². The Kier molecular flexibility index (Phi) is 7.77. The molecule has 2 heterocycles. The third kappa shape index (κ3) is 5.63. The molecule has 0 aliphatic carbocycles. The van der Waals surface area contributed by atoms with E-state index < -0.39 is 0 Å². The Labute approximate surface area is 188 Å². The zero-order valence-electron chi connectivity index (χ0n) is 15.8. The van der Waals surface area contributed by atoms with Gasteiger partial charge in [0.1, 0.15) is 0 Å². The Bertz CT molecular complexity index is 1020. The molecule has 5 nitrogen and oxygen atoms in total. The number of thioether (sulfide) groups is 1. The number of benzene rings is 1. The molecule has 0 aliphatic heterocycles. The number of carbonyl (C=O) groups is 1. The van der Waals surface area contributed by atoms with Crippen molar-refractivity contribution < 1.29 is 4.79 Å². The number of amides is 1. The number of thiophene rings is 1. The molecule has 3 rings (SSSR count). The van der Waals surface area contributed by atoms with Crippen molar-refractivity contribution in [2.75, 3.05) is 11.1 Å². The minimum absolute atomic E-state index is 0.163. The summed E-state index contributed by atoms with van der Waals surface area (Å²) >= 11 is 14.9. The largest absolute Gasteiger partial charge is 0.325 e. The highest BCUT2D eigenvalue weighted by Gasteiger charge is 2.16. The Morgan fingerprint density at radius 1 is 1.31 bits per heavy atom. The fraction of sp³-hybridized carbons (Fsp3) is 0.250. The van der Waals surface area contributed by atoms with Gasteiger partial charge in [0.05, 0.1) is 15.8 Å². The summed E-state index contributed by atoms with van der Waals surface area (Å²) in [5.41, 5.74) is 1.64. The molecule has 9 heteroatoms. The summed E-state index contributed by atoms with van der Waals surface area (Å²) in [6.45, 7) is 6.56. The van der Waals surface area contributed by atoms with Crippen LogP contribution in [0.3, 0.4) is 0 Å². The van der Waals surface area contributed by atoms with E-state index in [0.29, 0.717) is 27.4 Å². The first kappa shape index (κ1) is 21.9. The van der Waals surface area contributed by atoms with Crippen LogP contribution in [0.2, 0.25) is 10.0 Å². The van der Waals surface area contributed by atoms with Gasteiger partial charge in [-0.25, -0.2) is 0 Å². The van der Waals surface area contributed by atoms with Crippen LogP contribution < -0.4 is 5.32 Å². The van der Waals surface area contributed by atoms with Crippen molar-refractivity contribution in [3.05, 3.63) is 57.2 Å². The van der Waals surface area contributed by atoms with Crippen molar-refractivity contribution in [1.82, 2.24) is 14.8 Å². The summed E-state index contributed by atoms with van der Waals surface area (Å²) in [5, 5.41) is 15.1. The van der Waals surface area contributed by atoms with Crippen LogP contribution in [-0.2, 0) is 17.8 Å². The van der Waals surface area contributed by atoms with Crippen LogP contribution in [0.15, 0.2) is 47.5 Å². The number of allylic oxidation sites excluding steroid dienone is 1. The topological polar surface area (TPSA) is 59.8 Å². The maximum absolute atomic E-state index is 12.3. The van der Waals surface area contributed by atoms with E-state index in [2.05, 4.69) is 40.5 Å². The first-order valence-corrected chi connectivity index (χ1v) is 11.6. The second-order valence-electron chi connectivity index (χ2n) is 6.22. The maximum atomic E-state index is 12.3. The van der Waals surface area contributed by atoms with Gasteiger partial charge in [0.15, 0.2) is 11.0 Å². The first-order valence-electron chi connectivity index (χ1n) is 9.01. The summed E-state index contributed by atoms with van der Waals surface area (Å²) in [5.74, 6) is 0.819. The van der Waals surface area contributed by atoms with Crippen molar-refractivity contribution in [3.8, 4) is 11.4 Å². The van der Waals surface area contributed by atoms with E-state index in [1.54, 1.807) is 35.6 Å². The predicted octanol–water partition coefficient (Wildman–Crippen LogP) is 6.18. The average molecular weight is 467 g/mol. The van der Waals surface area contributed by atoms with E-state index in [4.69, 9.17) is 23.2 Å². The Hall–Kier alpha value is -1.80. The molecule has 0 saturated heterocycles. The van der Waals surface area contributed by atoms with Crippen LogP contribution >= 0.6 is 46.3 Å². The van der Waals surface area contributed by atoms with Gasteiger partial charge in [-0.15, -0.1) is 28.1 Å². The summed E-state index contributed by atoms with van der Waals surface area (Å²) < 4.78 is 1.97. The molecule has 1 aromatic carbocycles. The first-order chi connectivity index (χ1) is 14.0. The average Bonchev–Trinajstić information content (AvgIpc) is 3.31. The number of aromatic nitrogens is 3. The molecule has 1 N–H and O–H groups in total. The van der Waals surface area contributed by atoms with Gasteiger partial charge in [-0.05, 0) is 30.7 Å². The SMILES string of the molecule is C=CCn1c(SCC(=O)Nc2ccc(Cl)c(Cl)c2)nnc1-c1csc(CCC)c1. The van der Waals surface area contributed by atoms with Crippen LogP contribution in [0.1, 0.15) is 18.2 Å². The second-order valence-corrected chi connectivity index (χ2v) is 8.98. The van der Waals surface area contributed by atoms with Gasteiger partial charge >= 0.3 is 0 Å². The minimum Gasteiger partial charge on any atom is -0.325 e. The van der Waals surface area contributed by atoms with Gasteiger partial charge in [-0.3, -0.25) is 9.36 Å². The van der Waals surface area contributed by atoms with Crippen molar-refractivity contribution in [2.24, 2.45) is 0 Å². The van der Waals surface area contributed by atoms with Crippen molar-refractivity contribution in [1.29, 1.82) is 0 Å². The molecule has 0 atom stereocenters. The molecule has 0 fully saturated rings. The van der Waals surface area contributed by atoms with Gasteiger partial charge in [-0.2, -0.15) is 0 Å². The molecule has 0 spiro atoms. The van der Waals surface area contributed by atoms with Gasteiger partial charge in [0.2, 0.25) is 5.91 Å². The minimum atomic E-state index is -0.163. The number of nitrogens with one attached hydrogen (secondary N) is 1. The molecule has 0 radical (unpaired) electrons. The number of carbonyl (C=O) groups excluding carboxylic acids is 1. The van der Waals surface area contributed by atoms with E-state index >= 15 is 0 Å². The lowest BCUT2D eigenvalue weighted by Gasteiger charge is -2.08. The van der Waals surface area contributed by atoms with E-state index in [1.165, 1.54) is 16.6 Å². The molecule has 3 aromatic rings. The Morgan fingerprint density at radius 3 is 2.86 bits per heavy atom. The maximum Gasteiger partial charge on any atom is 0.234 e. The van der Waals surface area contributed by atoms with Gasteiger partial charge in [0.25, 0.3) is 0 Å². The zero-order valence-corrected chi connectivity index (χ0v) is 19.0. The van der Waals surface area contributed by atoms with E-state index in [0.717, 1.165) is 24.2 Å². The summed E-state index contributed by atoms with van der Waals surface area (Å²) in [6, 6.07) is 7.13. The van der Waals surface area contributed by atoms with Crippen molar-refractivity contribution in [3.63, 3.8) is 0 Å². The number of anilines is 1. The smallest absolute Gasteiger partial charge is 0.234 e. The molecule has 0 aliphatic rings. The molecule has 0 bridgehead atoms. The monoisotopic (exact) mass is 466 g/mol. The van der Waals surface area contributed by atoms with E-state index in [-0.39, 0.29) is 11.7 Å². The van der Waals surface area contributed by atoms with Gasteiger partial charge in [0, 0.05) is 28.1 Å². The number of hydrogen-bond acceptors (Lipinski definition) is 5. The van der Waals surface area contributed by atoms with Gasteiger partial charge in [-0.1, -0.05) is 54.4 Å². The quantitative estimate of drug-likeness (QED) is 0.302. The number of halogens is 2. The van der Waals surface area contributed by atoms with Crippen LogP contribution in [-0.4, -0.2) is 26.4 Å². The van der Waals surface area contributed by atoms with E-state index in [9.17, 15) is 4.79 Å². The summed E-state index contributed by atoms with van der Waals surface area (Å²) in [4.78, 5) is 13.6. The van der Waals surface area contributed by atoms with Crippen LogP contribution in [0.25, 0.3) is 11.4 Å². The highest BCUT2D eigenvalue weighted by molar-refractivity contribution is 7.99. The van der Waals surface area contributed by atoms with Crippen LogP contribution in [0.5, 0.6) is 0 Å². The fourth-order valence-electron chi connectivity index (χ4n) is 2.68. The lowest BCUT2D eigenvalue weighted by molar-refractivity contribution is -0.113. The highest BCUT2D eigenvalue weighted by Crippen LogP contribution is 2.29. The Morgan fingerprint density at radius 2 is 2.14 bits per heavy atom. The third-order valence-electron chi connectivity index (χ3n) is 3.97. The summed E-state index contributed by atoms with van der Waals surface area (Å²) in [6.07, 6.45) is 3.96. The lowest BCUT2D eigenvalue weighted by Crippen LogP contribution is -2.14. The molecule has 0 saturated carbocycles. The molecular formula is C20H20Cl2N4OS2. The van der Waals surface area contributed by atoms with Crippen LogP contribution in [0, 0.1) is 0 Å². The predicted molar refractivity (Wildman–Crippen MR) is 123 cm³/mol. The molecule has 0 unspecified atom stereocenters. The number of aryl methyl sites for hydroxylation is 1. The molecule has 152 valence electrons. The van der Waals surface area contributed by atoms with Gasteiger partial charge < -0.3 is 5.32 Å². The van der Waals surface area contributed by atoms with E-state index in [1.807, 2.05) is 4.57 Å². The highest BCUT2D eigenvalue weighted by atomic mass is 35.5. The fourth-order valence-corrected chi connectivity index (χ4v) is 4.69. The zero-order chi connectivity index (χ0) is 20.8. The summed E-state index contributed by atoms with van der Waals surface area (Å²) in [7, 11) is 0. The standard InChI is InChI=1S/C20H20Cl2N4OS2/c1-3-5-15-9-13(11-28-15)19-24-25-20(26(19)8-4-2)29-12-18(27)23-14-6-7-16(21)17(22)10-14/h4,6-7,9-11H,2-3,5,8,12H2,1H3,(H,23,27). The molecule has 2 aromatic heterocycles.